The van der Waals surface area contributed by atoms with E-state index < -0.39 is 0 Å². The maximum absolute atomic E-state index is 13.6. The standard InChI is InChI=1S/C21H23FN6O/c1-14-24-25-21(28(14)17-6-8-20(29-2)23-11-17)26-12-18(13-26)27-9-3-4-15-10-16(22)5-7-19(15)27/h5-8,10-11,18H,3-4,9,12-13H2,1-2H3. The van der Waals surface area contributed by atoms with Gasteiger partial charge >= 0.3 is 0 Å². The summed E-state index contributed by atoms with van der Waals surface area (Å²) in [6.45, 7) is 4.66. The lowest BCUT2D eigenvalue weighted by Crippen LogP contribution is -2.61. The van der Waals surface area contributed by atoms with Crippen molar-refractivity contribution < 1.29 is 9.13 Å². The molecule has 8 heteroatoms. The average molecular weight is 394 g/mol. The molecule has 0 spiro atoms. The van der Waals surface area contributed by atoms with Crippen LogP contribution in [0.5, 0.6) is 5.88 Å². The minimum atomic E-state index is -0.155. The van der Waals surface area contributed by atoms with Gasteiger partial charge in [0.05, 0.1) is 25.0 Å². The lowest BCUT2D eigenvalue weighted by Gasteiger charge is -2.48. The van der Waals surface area contributed by atoms with Crippen molar-refractivity contribution in [1.29, 1.82) is 0 Å². The number of aryl methyl sites for hydroxylation is 2. The third kappa shape index (κ3) is 3.08. The van der Waals surface area contributed by atoms with Gasteiger partial charge in [0.25, 0.3) is 0 Å². The summed E-state index contributed by atoms with van der Waals surface area (Å²) in [7, 11) is 1.60. The molecule has 0 atom stereocenters. The Morgan fingerprint density at radius 2 is 2.00 bits per heavy atom. The van der Waals surface area contributed by atoms with E-state index >= 15 is 0 Å². The smallest absolute Gasteiger partial charge is 0.232 e. The summed E-state index contributed by atoms with van der Waals surface area (Å²) in [4.78, 5) is 8.95. The molecular formula is C21H23FN6O. The monoisotopic (exact) mass is 394 g/mol. The second kappa shape index (κ2) is 7.02. The zero-order chi connectivity index (χ0) is 20.0. The number of halogens is 1. The zero-order valence-electron chi connectivity index (χ0n) is 16.5. The van der Waals surface area contributed by atoms with Gasteiger partial charge in [0.2, 0.25) is 11.8 Å². The van der Waals surface area contributed by atoms with Crippen molar-refractivity contribution in [1.82, 2.24) is 19.7 Å². The Kier molecular flexibility index (Phi) is 4.34. The van der Waals surface area contributed by atoms with Crippen LogP contribution in [0, 0.1) is 12.7 Å². The Labute approximate surface area is 168 Å². The molecule has 0 radical (unpaired) electrons. The second-order valence-corrected chi connectivity index (χ2v) is 7.57. The minimum Gasteiger partial charge on any atom is -0.481 e. The van der Waals surface area contributed by atoms with Gasteiger partial charge < -0.3 is 14.5 Å². The van der Waals surface area contributed by atoms with Crippen LogP contribution in [0.15, 0.2) is 36.5 Å². The van der Waals surface area contributed by atoms with Crippen LogP contribution in [0.4, 0.5) is 16.0 Å². The van der Waals surface area contributed by atoms with Crippen molar-refractivity contribution >= 4 is 11.6 Å². The van der Waals surface area contributed by atoms with Crippen LogP contribution in [0.2, 0.25) is 0 Å². The summed E-state index contributed by atoms with van der Waals surface area (Å²) in [5.41, 5.74) is 3.18. The first-order valence-corrected chi connectivity index (χ1v) is 9.86. The van der Waals surface area contributed by atoms with Gasteiger partial charge in [-0.25, -0.2) is 9.37 Å². The molecule has 2 aliphatic rings. The van der Waals surface area contributed by atoms with Crippen LogP contribution < -0.4 is 14.5 Å². The van der Waals surface area contributed by atoms with E-state index in [9.17, 15) is 4.39 Å². The Bertz CT molecular complexity index is 1030. The maximum atomic E-state index is 13.6. The topological polar surface area (TPSA) is 59.3 Å². The molecule has 2 aromatic heterocycles. The lowest BCUT2D eigenvalue weighted by molar-refractivity contribution is 0.397. The number of methoxy groups -OCH3 is 1. The predicted octanol–water partition coefficient (Wildman–Crippen LogP) is 2.76. The van der Waals surface area contributed by atoms with E-state index in [1.165, 1.54) is 5.69 Å². The second-order valence-electron chi connectivity index (χ2n) is 7.57. The van der Waals surface area contributed by atoms with Gasteiger partial charge in [0, 0.05) is 31.4 Å². The highest BCUT2D eigenvalue weighted by Crippen LogP contribution is 2.33. The number of ether oxygens (including phenoxy) is 1. The highest BCUT2D eigenvalue weighted by atomic mass is 19.1. The van der Waals surface area contributed by atoms with E-state index in [2.05, 4.69) is 25.0 Å². The third-order valence-electron chi connectivity index (χ3n) is 5.78. The zero-order valence-corrected chi connectivity index (χ0v) is 16.5. The van der Waals surface area contributed by atoms with Crippen LogP contribution in [0.3, 0.4) is 0 Å². The predicted molar refractivity (Wildman–Crippen MR) is 109 cm³/mol. The number of hydrogen-bond acceptors (Lipinski definition) is 6. The van der Waals surface area contributed by atoms with Crippen molar-refractivity contribution in [2.24, 2.45) is 0 Å². The summed E-state index contributed by atoms with van der Waals surface area (Å²) in [6, 6.07) is 9.33. The average Bonchev–Trinajstić information content (AvgIpc) is 3.08. The molecule has 3 aromatic rings. The number of pyridine rings is 1. The molecular weight excluding hydrogens is 371 g/mol. The number of hydrogen-bond donors (Lipinski definition) is 0. The molecule has 4 heterocycles. The molecule has 150 valence electrons. The number of fused-ring (bicyclic) bond motifs is 1. The first kappa shape index (κ1) is 17.9. The molecule has 5 rings (SSSR count). The summed E-state index contributed by atoms with van der Waals surface area (Å²) >= 11 is 0. The van der Waals surface area contributed by atoms with E-state index in [0.717, 1.165) is 55.5 Å². The molecule has 29 heavy (non-hydrogen) atoms. The molecule has 7 nitrogen and oxygen atoms in total. The Hall–Kier alpha value is -3.16. The summed E-state index contributed by atoms with van der Waals surface area (Å²) in [5.74, 6) is 2.05. The van der Waals surface area contributed by atoms with E-state index in [-0.39, 0.29) is 5.82 Å². The van der Waals surface area contributed by atoms with Gasteiger partial charge in [-0.3, -0.25) is 4.57 Å². The molecule has 0 aliphatic carbocycles. The first-order chi connectivity index (χ1) is 14.1. The summed E-state index contributed by atoms with van der Waals surface area (Å²) in [5, 5.41) is 8.68. The highest BCUT2D eigenvalue weighted by Gasteiger charge is 2.36. The molecule has 0 amide bonds. The normalized spacial score (nSPS) is 16.5. The summed E-state index contributed by atoms with van der Waals surface area (Å²) < 4.78 is 20.8. The maximum Gasteiger partial charge on any atom is 0.232 e. The van der Waals surface area contributed by atoms with Gasteiger partial charge in [0.1, 0.15) is 11.6 Å². The number of anilines is 2. The number of nitrogens with zero attached hydrogens (tertiary/aromatic N) is 6. The van der Waals surface area contributed by atoms with E-state index in [1.807, 2.05) is 29.7 Å². The van der Waals surface area contributed by atoms with Crippen LogP contribution in [0.1, 0.15) is 17.8 Å². The highest BCUT2D eigenvalue weighted by molar-refractivity contribution is 5.59. The quantitative estimate of drug-likeness (QED) is 0.678. The molecule has 0 bridgehead atoms. The Morgan fingerprint density at radius 3 is 2.76 bits per heavy atom. The van der Waals surface area contributed by atoms with Crippen molar-refractivity contribution in [2.45, 2.75) is 25.8 Å². The fourth-order valence-electron chi connectivity index (χ4n) is 4.27. The van der Waals surface area contributed by atoms with Crippen molar-refractivity contribution in [2.75, 3.05) is 36.5 Å². The van der Waals surface area contributed by atoms with Crippen LogP contribution in [0.25, 0.3) is 5.69 Å². The van der Waals surface area contributed by atoms with E-state index in [1.54, 1.807) is 25.4 Å². The molecule has 0 saturated carbocycles. The van der Waals surface area contributed by atoms with Gasteiger partial charge in [-0.05, 0) is 49.6 Å². The van der Waals surface area contributed by atoms with Crippen LogP contribution in [-0.2, 0) is 6.42 Å². The molecule has 1 saturated heterocycles. The largest absolute Gasteiger partial charge is 0.481 e. The number of benzene rings is 1. The van der Waals surface area contributed by atoms with Gasteiger partial charge in [0.15, 0.2) is 0 Å². The molecule has 0 N–H and O–H groups in total. The van der Waals surface area contributed by atoms with Crippen molar-refractivity contribution in [3.63, 3.8) is 0 Å². The molecule has 1 fully saturated rings. The van der Waals surface area contributed by atoms with E-state index in [4.69, 9.17) is 4.74 Å². The number of rotatable bonds is 4. The molecule has 0 unspecified atom stereocenters. The fourth-order valence-corrected chi connectivity index (χ4v) is 4.27. The Morgan fingerprint density at radius 1 is 1.14 bits per heavy atom. The first-order valence-electron chi connectivity index (χ1n) is 9.86. The minimum absolute atomic E-state index is 0.155. The van der Waals surface area contributed by atoms with Crippen LogP contribution in [-0.4, -0.2) is 52.5 Å². The Balaban J connectivity index is 1.36. The summed E-state index contributed by atoms with van der Waals surface area (Å²) in [6.07, 6.45) is 3.77. The van der Waals surface area contributed by atoms with Gasteiger partial charge in [-0.1, -0.05) is 0 Å². The molecule has 2 aliphatic heterocycles. The third-order valence-corrected chi connectivity index (χ3v) is 5.78. The lowest BCUT2D eigenvalue weighted by atomic mass is 9.97. The van der Waals surface area contributed by atoms with E-state index in [0.29, 0.717) is 11.9 Å². The number of aromatic nitrogens is 4. The van der Waals surface area contributed by atoms with Crippen molar-refractivity contribution in [3.05, 3.63) is 53.7 Å². The van der Waals surface area contributed by atoms with Gasteiger partial charge in [-0.2, -0.15) is 0 Å². The SMILES string of the molecule is COc1ccc(-n2c(C)nnc2N2CC(N3CCCc4cc(F)ccc43)C2)cn1. The van der Waals surface area contributed by atoms with Crippen LogP contribution >= 0.6 is 0 Å². The van der Waals surface area contributed by atoms with Gasteiger partial charge in [-0.15, -0.1) is 10.2 Å². The fraction of sp³-hybridized carbons (Fsp3) is 0.381. The van der Waals surface area contributed by atoms with Crippen molar-refractivity contribution in [3.8, 4) is 11.6 Å². The molecule has 1 aromatic carbocycles.